The molecule has 0 amide bonds. The second-order valence-electron chi connectivity index (χ2n) is 3.98. The summed E-state index contributed by atoms with van der Waals surface area (Å²) in [5.74, 6) is -1.51. The number of benzene rings is 1. The van der Waals surface area contributed by atoms with Gasteiger partial charge in [0.1, 0.15) is 0 Å². The molecule has 1 aromatic carbocycles. The van der Waals surface area contributed by atoms with Crippen LogP contribution in [-0.4, -0.2) is 36.7 Å². The molecular formula is C10H11Br2NO5S. The Balaban J connectivity index is 2.97. The van der Waals surface area contributed by atoms with Gasteiger partial charge in [-0.25, -0.2) is 17.9 Å². The van der Waals surface area contributed by atoms with Crippen molar-refractivity contribution < 1.29 is 23.4 Å². The lowest BCUT2D eigenvalue weighted by molar-refractivity contribution is -0.155. The van der Waals surface area contributed by atoms with Crippen molar-refractivity contribution in [3.63, 3.8) is 0 Å². The van der Waals surface area contributed by atoms with E-state index in [2.05, 4.69) is 36.6 Å². The number of carbonyl (C=O) groups is 1. The number of hydrogen-bond acceptors (Lipinski definition) is 4. The Morgan fingerprint density at radius 3 is 2.47 bits per heavy atom. The molecule has 0 radical (unpaired) electrons. The first-order chi connectivity index (χ1) is 8.56. The molecule has 0 spiro atoms. The molecule has 0 saturated carbocycles. The number of halogens is 2. The van der Waals surface area contributed by atoms with Gasteiger partial charge >= 0.3 is 5.97 Å². The van der Waals surface area contributed by atoms with Crippen molar-refractivity contribution in [2.75, 3.05) is 6.54 Å². The predicted molar refractivity (Wildman–Crippen MR) is 75.3 cm³/mol. The summed E-state index contributed by atoms with van der Waals surface area (Å²) in [6, 6.07) is 4.44. The first-order valence-corrected chi connectivity index (χ1v) is 8.04. The quantitative estimate of drug-likeness (QED) is 0.671. The van der Waals surface area contributed by atoms with Gasteiger partial charge < -0.3 is 10.2 Å². The molecule has 9 heteroatoms. The molecule has 0 aliphatic carbocycles. The van der Waals surface area contributed by atoms with Crippen molar-refractivity contribution in [1.82, 2.24) is 4.72 Å². The molecule has 1 atom stereocenters. The van der Waals surface area contributed by atoms with Crippen molar-refractivity contribution in [2.45, 2.75) is 17.4 Å². The smallest absolute Gasteiger partial charge is 0.336 e. The van der Waals surface area contributed by atoms with Gasteiger partial charge in [0.15, 0.2) is 5.60 Å². The van der Waals surface area contributed by atoms with E-state index in [1.807, 2.05) is 0 Å². The molecule has 1 aromatic rings. The molecular weight excluding hydrogens is 406 g/mol. The zero-order valence-electron chi connectivity index (χ0n) is 9.72. The number of rotatable bonds is 5. The first kappa shape index (κ1) is 16.6. The van der Waals surface area contributed by atoms with E-state index >= 15 is 0 Å². The monoisotopic (exact) mass is 415 g/mol. The summed E-state index contributed by atoms with van der Waals surface area (Å²) < 4.78 is 27.0. The fourth-order valence-corrected chi connectivity index (χ4v) is 3.96. The molecule has 0 heterocycles. The molecule has 0 aliphatic heterocycles. The van der Waals surface area contributed by atoms with E-state index in [0.717, 1.165) is 6.92 Å². The van der Waals surface area contributed by atoms with Gasteiger partial charge in [-0.3, -0.25) is 0 Å². The maximum Gasteiger partial charge on any atom is 0.336 e. The van der Waals surface area contributed by atoms with Crippen LogP contribution in [0, 0.1) is 0 Å². The summed E-state index contributed by atoms with van der Waals surface area (Å²) in [4.78, 5) is 10.6. The number of sulfonamides is 1. The second kappa shape index (κ2) is 5.88. The average molecular weight is 417 g/mol. The van der Waals surface area contributed by atoms with E-state index in [-0.39, 0.29) is 4.90 Å². The van der Waals surface area contributed by atoms with Gasteiger partial charge in [0.2, 0.25) is 10.0 Å². The van der Waals surface area contributed by atoms with Crippen LogP contribution in [0.1, 0.15) is 6.92 Å². The highest BCUT2D eigenvalue weighted by molar-refractivity contribution is 9.11. The third kappa shape index (κ3) is 4.25. The molecule has 0 bridgehead atoms. The number of carboxylic acid groups (broad SMARTS) is 1. The van der Waals surface area contributed by atoms with Gasteiger partial charge in [0.25, 0.3) is 0 Å². The SMILES string of the molecule is CC(O)(CNS(=O)(=O)c1ccc(Br)cc1Br)C(=O)O. The number of aliphatic hydroxyl groups is 1. The zero-order valence-corrected chi connectivity index (χ0v) is 13.7. The molecule has 0 aliphatic rings. The predicted octanol–water partition coefficient (Wildman–Crippen LogP) is 1.33. The number of nitrogens with one attached hydrogen (secondary N) is 1. The topological polar surface area (TPSA) is 104 Å². The van der Waals surface area contributed by atoms with Crippen LogP contribution in [0.3, 0.4) is 0 Å². The molecule has 0 aromatic heterocycles. The van der Waals surface area contributed by atoms with Crippen molar-refractivity contribution in [3.8, 4) is 0 Å². The van der Waals surface area contributed by atoms with Crippen LogP contribution in [0.4, 0.5) is 0 Å². The van der Waals surface area contributed by atoms with Gasteiger partial charge in [0.05, 0.1) is 11.4 Å². The van der Waals surface area contributed by atoms with Crippen molar-refractivity contribution in [2.24, 2.45) is 0 Å². The van der Waals surface area contributed by atoms with E-state index in [1.54, 1.807) is 6.07 Å². The summed E-state index contributed by atoms with van der Waals surface area (Å²) >= 11 is 6.29. The Morgan fingerprint density at radius 1 is 1.42 bits per heavy atom. The van der Waals surface area contributed by atoms with Crippen LogP contribution in [0.15, 0.2) is 32.0 Å². The van der Waals surface area contributed by atoms with Gasteiger partial charge in [0, 0.05) is 8.95 Å². The Morgan fingerprint density at radius 2 is 2.00 bits per heavy atom. The van der Waals surface area contributed by atoms with Crippen LogP contribution in [0.2, 0.25) is 0 Å². The Hall–Kier alpha value is -0.480. The summed E-state index contributed by atoms with van der Waals surface area (Å²) in [5.41, 5.74) is -2.17. The number of aliphatic carboxylic acids is 1. The third-order valence-electron chi connectivity index (χ3n) is 2.25. The van der Waals surface area contributed by atoms with E-state index in [4.69, 9.17) is 5.11 Å². The van der Waals surface area contributed by atoms with E-state index in [1.165, 1.54) is 12.1 Å². The van der Waals surface area contributed by atoms with E-state index < -0.39 is 28.1 Å². The lowest BCUT2D eigenvalue weighted by Crippen LogP contribution is -2.46. The van der Waals surface area contributed by atoms with Crippen LogP contribution >= 0.6 is 31.9 Å². The molecule has 1 rings (SSSR count). The highest BCUT2D eigenvalue weighted by Gasteiger charge is 2.32. The number of carboxylic acids is 1. The lowest BCUT2D eigenvalue weighted by Gasteiger charge is -2.18. The molecule has 1 unspecified atom stereocenters. The first-order valence-electron chi connectivity index (χ1n) is 4.97. The molecule has 0 saturated heterocycles. The largest absolute Gasteiger partial charge is 0.479 e. The van der Waals surface area contributed by atoms with Crippen molar-refractivity contribution >= 4 is 47.9 Å². The van der Waals surface area contributed by atoms with E-state index in [0.29, 0.717) is 8.95 Å². The minimum atomic E-state index is -3.92. The summed E-state index contributed by atoms with van der Waals surface area (Å²) in [6.45, 7) is 0.377. The zero-order chi connectivity index (χ0) is 14.8. The molecule has 6 nitrogen and oxygen atoms in total. The standard InChI is InChI=1S/C10H11Br2NO5S/c1-10(16,9(14)15)5-13-19(17,18)8-3-2-6(11)4-7(8)12/h2-4,13,16H,5H2,1H3,(H,14,15). The fraction of sp³-hybridized carbons (Fsp3) is 0.300. The number of hydrogen-bond donors (Lipinski definition) is 3. The Bertz CT molecular complexity index is 600. The van der Waals surface area contributed by atoms with Crippen LogP contribution < -0.4 is 4.72 Å². The Labute approximate surface area is 127 Å². The minimum absolute atomic E-state index is 0.0445. The minimum Gasteiger partial charge on any atom is -0.479 e. The second-order valence-corrected chi connectivity index (χ2v) is 7.48. The Kier molecular flexibility index (Phi) is 5.13. The van der Waals surface area contributed by atoms with Gasteiger partial charge in [-0.1, -0.05) is 15.9 Å². The molecule has 0 fully saturated rings. The highest BCUT2D eigenvalue weighted by atomic mass is 79.9. The summed E-state index contributed by atoms with van der Waals surface area (Å²) in [5, 5.41) is 18.2. The fourth-order valence-electron chi connectivity index (χ4n) is 1.08. The average Bonchev–Trinajstić information content (AvgIpc) is 2.26. The highest BCUT2D eigenvalue weighted by Crippen LogP contribution is 2.25. The maximum atomic E-state index is 12.0. The lowest BCUT2D eigenvalue weighted by atomic mass is 10.1. The maximum absolute atomic E-state index is 12.0. The van der Waals surface area contributed by atoms with Crippen LogP contribution in [0.5, 0.6) is 0 Å². The summed E-state index contributed by atoms with van der Waals surface area (Å²) in [6.07, 6.45) is 0. The van der Waals surface area contributed by atoms with Crippen molar-refractivity contribution in [1.29, 1.82) is 0 Å². The summed E-state index contributed by atoms with van der Waals surface area (Å²) in [7, 11) is -3.92. The molecule has 106 valence electrons. The van der Waals surface area contributed by atoms with Gasteiger partial charge in [-0.05, 0) is 41.1 Å². The van der Waals surface area contributed by atoms with Crippen LogP contribution in [0.25, 0.3) is 0 Å². The van der Waals surface area contributed by atoms with Gasteiger partial charge in [-0.15, -0.1) is 0 Å². The third-order valence-corrected chi connectivity index (χ3v) is 5.12. The van der Waals surface area contributed by atoms with Gasteiger partial charge in [-0.2, -0.15) is 0 Å². The molecule has 3 N–H and O–H groups in total. The normalized spacial score (nSPS) is 14.9. The van der Waals surface area contributed by atoms with Crippen molar-refractivity contribution in [3.05, 3.63) is 27.1 Å². The molecule has 19 heavy (non-hydrogen) atoms. The van der Waals surface area contributed by atoms with Crippen LogP contribution in [-0.2, 0) is 14.8 Å². The van der Waals surface area contributed by atoms with E-state index in [9.17, 15) is 18.3 Å².